The van der Waals surface area contributed by atoms with E-state index in [4.69, 9.17) is 9.84 Å². The Morgan fingerprint density at radius 3 is 2.84 bits per heavy atom. The summed E-state index contributed by atoms with van der Waals surface area (Å²) in [6.07, 6.45) is 1.67. The summed E-state index contributed by atoms with van der Waals surface area (Å²) in [5, 5.41) is 11.7. The number of ether oxygens (including phenoxy) is 1. The lowest BCUT2D eigenvalue weighted by Gasteiger charge is -2.21. The van der Waals surface area contributed by atoms with Crippen LogP contribution in [0.1, 0.15) is 23.2 Å². The monoisotopic (exact) mass is 327 g/mol. The summed E-state index contributed by atoms with van der Waals surface area (Å²) < 4.78 is 5.74. The van der Waals surface area contributed by atoms with Crippen molar-refractivity contribution in [2.45, 2.75) is 12.8 Å². The molecule has 0 radical (unpaired) electrons. The number of carboxylic acid groups (broad SMARTS) is 1. The third kappa shape index (κ3) is 3.54. The Morgan fingerprint density at radius 1 is 1.42 bits per heavy atom. The average Bonchev–Trinajstić information content (AvgIpc) is 2.41. The van der Waals surface area contributed by atoms with Crippen molar-refractivity contribution in [3.63, 3.8) is 0 Å². The number of halogens is 1. The highest BCUT2D eigenvalue weighted by Gasteiger charge is 2.22. The molecular weight excluding hydrogens is 314 g/mol. The Hall–Kier alpha value is -1.40. The van der Waals surface area contributed by atoms with Crippen molar-refractivity contribution in [3.8, 4) is 0 Å². The van der Waals surface area contributed by atoms with Gasteiger partial charge in [0.25, 0.3) is 0 Å². The van der Waals surface area contributed by atoms with E-state index in [0.717, 1.165) is 12.8 Å². The maximum atomic E-state index is 12.0. The standard InChI is InChI=1S/C13H14BrNO4/c14-11-4-3-9(6-10(11)13(17)18)15-12(16)8-2-1-5-19-7-8/h3-4,6,8H,1-2,5,7H2,(H,15,16)(H,17,18). The fraction of sp³-hybridized carbons (Fsp3) is 0.385. The van der Waals surface area contributed by atoms with Crippen molar-refractivity contribution in [1.82, 2.24) is 0 Å². The van der Waals surface area contributed by atoms with Crippen LogP contribution in [-0.4, -0.2) is 30.2 Å². The predicted molar refractivity (Wildman–Crippen MR) is 73.3 cm³/mol. The SMILES string of the molecule is O=C(O)c1cc(NC(=O)C2CCCOC2)ccc1Br. The summed E-state index contributed by atoms with van der Waals surface area (Å²) >= 11 is 3.16. The Balaban J connectivity index is 2.08. The number of carbonyl (C=O) groups is 2. The molecule has 1 saturated heterocycles. The van der Waals surface area contributed by atoms with Crippen molar-refractivity contribution in [3.05, 3.63) is 28.2 Å². The average molecular weight is 328 g/mol. The zero-order valence-electron chi connectivity index (χ0n) is 10.2. The van der Waals surface area contributed by atoms with Gasteiger partial charge in [0.15, 0.2) is 0 Å². The Kier molecular flexibility index (Phi) is 4.55. The first-order valence-corrected chi connectivity index (χ1v) is 6.78. The van der Waals surface area contributed by atoms with Crippen LogP contribution in [-0.2, 0) is 9.53 Å². The molecule has 19 heavy (non-hydrogen) atoms. The first-order valence-electron chi connectivity index (χ1n) is 5.99. The van der Waals surface area contributed by atoms with E-state index in [0.29, 0.717) is 23.4 Å². The number of amides is 1. The summed E-state index contributed by atoms with van der Waals surface area (Å²) in [7, 11) is 0. The normalized spacial score (nSPS) is 18.9. The van der Waals surface area contributed by atoms with Crippen LogP contribution in [0.3, 0.4) is 0 Å². The van der Waals surface area contributed by atoms with Crippen molar-refractivity contribution in [1.29, 1.82) is 0 Å². The summed E-state index contributed by atoms with van der Waals surface area (Å²) in [4.78, 5) is 23.0. The number of aromatic carboxylic acids is 1. The molecule has 2 N–H and O–H groups in total. The van der Waals surface area contributed by atoms with Gasteiger partial charge in [-0.2, -0.15) is 0 Å². The van der Waals surface area contributed by atoms with Gasteiger partial charge in [0.1, 0.15) is 0 Å². The van der Waals surface area contributed by atoms with Crippen LogP contribution in [0.5, 0.6) is 0 Å². The highest BCUT2D eigenvalue weighted by atomic mass is 79.9. The number of anilines is 1. The number of carboxylic acids is 1. The molecule has 102 valence electrons. The first-order chi connectivity index (χ1) is 9.08. The molecule has 1 amide bonds. The second kappa shape index (κ2) is 6.16. The van der Waals surface area contributed by atoms with Crippen LogP contribution >= 0.6 is 15.9 Å². The molecule has 6 heteroatoms. The predicted octanol–water partition coefficient (Wildman–Crippen LogP) is 2.51. The molecule has 1 fully saturated rings. The van der Waals surface area contributed by atoms with Gasteiger partial charge in [-0.25, -0.2) is 4.79 Å². The van der Waals surface area contributed by atoms with E-state index in [2.05, 4.69) is 21.2 Å². The second-order valence-electron chi connectivity index (χ2n) is 4.40. The van der Waals surface area contributed by atoms with Crippen LogP contribution < -0.4 is 5.32 Å². The molecule has 0 aromatic heterocycles. The second-order valence-corrected chi connectivity index (χ2v) is 5.26. The Bertz CT molecular complexity index is 497. The van der Waals surface area contributed by atoms with E-state index < -0.39 is 5.97 Å². The number of nitrogens with one attached hydrogen (secondary N) is 1. The van der Waals surface area contributed by atoms with Gasteiger partial charge in [-0.15, -0.1) is 0 Å². The molecule has 1 aromatic rings. The van der Waals surface area contributed by atoms with Gasteiger partial charge < -0.3 is 15.2 Å². The highest BCUT2D eigenvalue weighted by Crippen LogP contribution is 2.22. The van der Waals surface area contributed by atoms with E-state index >= 15 is 0 Å². The maximum absolute atomic E-state index is 12.0. The molecule has 2 rings (SSSR count). The number of hydrogen-bond donors (Lipinski definition) is 2. The minimum atomic E-state index is -1.04. The maximum Gasteiger partial charge on any atom is 0.336 e. The van der Waals surface area contributed by atoms with Crippen LogP contribution in [0.4, 0.5) is 5.69 Å². The van der Waals surface area contributed by atoms with E-state index in [1.807, 2.05) is 0 Å². The van der Waals surface area contributed by atoms with Crippen molar-refractivity contribution >= 4 is 33.5 Å². The largest absolute Gasteiger partial charge is 0.478 e. The molecule has 1 atom stereocenters. The van der Waals surface area contributed by atoms with Gasteiger partial charge in [-0.3, -0.25) is 4.79 Å². The zero-order chi connectivity index (χ0) is 13.8. The van der Waals surface area contributed by atoms with Gasteiger partial charge in [0.05, 0.1) is 18.1 Å². The topological polar surface area (TPSA) is 75.6 Å². The molecule has 0 spiro atoms. The minimum absolute atomic E-state index is 0.123. The van der Waals surface area contributed by atoms with E-state index in [9.17, 15) is 9.59 Å². The van der Waals surface area contributed by atoms with E-state index in [-0.39, 0.29) is 17.4 Å². The Labute approximate surface area is 119 Å². The molecule has 0 aliphatic carbocycles. The van der Waals surface area contributed by atoms with Gasteiger partial charge in [0.2, 0.25) is 5.91 Å². The first kappa shape index (κ1) is 14.0. The van der Waals surface area contributed by atoms with Crippen molar-refractivity contribution < 1.29 is 19.4 Å². The molecule has 1 heterocycles. The van der Waals surface area contributed by atoms with Crippen LogP contribution in [0.15, 0.2) is 22.7 Å². The number of hydrogen-bond acceptors (Lipinski definition) is 3. The third-order valence-corrected chi connectivity index (χ3v) is 3.69. The van der Waals surface area contributed by atoms with Gasteiger partial charge in [0, 0.05) is 16.8 Å². The van der Waals surface area contributed by atoms with E-state index in [1.165, 1.54) is 6.07 Å². The number of rotatable bonds is 3. The van der Waals surface area contributed by atoms with Crippen LogP contribution in [0.25, 0.3) is 0 Å². The minimum Gasteiger partial charge on any atom is -0.478 e. The molecule has 1 aliphatic rings. The van der Waals surface area contributed by atoms with E-state index in [1.54, 1.807) is 12.1 Å². The molecule has 1 aromatic carbocycles. The molecule has 1 unspecified atom stereocenters. The van der Waals surface area contributed by atoms with Crippen LogP contribution in [0, 0.1) is 5.92 Å². The lowest BCUT2D eigenvalue weighted by molar-refractivity contribution is -0.123. The molecule has 5 nitrogen and oxygen atoms in total. The molecule has 1 aliphatic heterocycles. The highest BCUT2D eigenvalue weighted by molar-refractivity contribution is 9.10. The van der Waals surface area contributed by atoms with Crippen molar-refractivity contribution in [2.24, 2.45) is 5.92 Å². The molecule has 0 bridgehead atoms. The van der Waals surface area contributed by atoms with Gasteiger partial charge >= 0.3 is 5.97 Å². The van der Waals surface area contributed by atoms with Gasteiger partial charge in [-0.05, 0) is 47.0 Å². The smallest absolute Gasteiger partial charge is 0.336 e. The fourth-order valence-electron chi connectivity index (χ4n) is 1.96. The number of carbonyl (C=O) groups excluding carboxylic acids is 1. The van der Waals surface area contributed by atoms with Crippen LogP contribution in [0.2, 0.25) is 0 Å². The lowest BCUT2D eigenvalue weighted by Crippen LogP contribution is -2.30. The van der Waals surface area contributed by atoms with Gasteiger partial charge in [-0.1, -0.05) is 0 Å². The number of benzene rings is 1. The quantitative estimate of drug-likeness (QED) is 0.894. The molecular formula is C13H14BrNO4. The Morgan fingerprint density at radius 2 is 2.21 bits per heavy atom. The third-order valence-electron chi connectivity index (χ3n) is 3.00. The summed E-state index contributed by atoms with van der Waals surface area (Å²) in [6, 6.07) is 4.71. The van der Waals surface area contributed by atoms with Crippen molar-refractivity contribution in [2.75, 3.05) is 18.5 Å². The zero-order valence-corrected chi connectivity index (χ0v) is 11.8. The molecule has 0 saturated carbocycles. The summed E-state index contributed by atoms with van der Waals surface area (Å²) in [5.74, 6) is -1.33. The summed E-state index contributed by atoms with van der Waals surface area (Å²) in [6.45, 7) is 1.12. The lowest BCUT2D eigenvalue weighted by atomic mass is 10.0. The summed E-state index contributed by atoms with van der Waals surface area (Å²) in [5.41, 5.74) is 0.605. The fourth-order valence-corrected chi connectivity index (χ4v) is 2.37.